The Balaban J connectivity index is 1.48. The van der Waals surface area contributed by atoms with E-state index in [9.17, 15) is 22.4 Å². The summed E-state index contributed by atoms with van der Waals surface area (Å²) in [6.45, 7) is 3.99. The number of carbonyl (C=O) groups is 1. The van der Waals surface area contributed by atoms with Crippen molar-refractivity contribution in [1.29, 1.82) is 0 Å². The number of alkyl halides is 3. The standard InChI is InChI=1S/C22H23F4N5O/c1-13-18(14(2)31-21(27-13)28-20(29-31)22(24,25)26)8-9-19(32)30-10-4-7-17(30)12-15-5-3-6-16(23)11-15/h3,5-6,11,17H,4,7-10,12H2,1-2H3. The smallest absolute Gasteiger partial charge is 0.339 e. The highest BCUT2D eigenvalue weighted by molar-refractivity contribution is 5.77. The number of aromatic nitrogens is 4. The third-order valence-corrected chi connectivity index (χ3v) is 5.95. The Kier molecular flexibility index (Phi) is 5.87. The Morgan fingerprint density at radius 2 is 2.00 bits per heavy atom. The van der Waals surface area contributed by atoms with Gasteiger partial charge in [-0.3, -0.25) is 4.79 Å². The maximum absolute atomic E-state index is 13.5. The summed E-state index contributed by atoms with van der Waals surface area (Å²) >= 11 is 0. The molecular weight excluding hydrogens is 426 g/mol. The number of hydrogen-bond acceptors (Lipinski definition) is 4. The van der Waals surface area contributed by atoms with Crippen LogP contribution in [0.4, 0.5) is 17.6 Å². The minimum absolute atomic E-state index is 0.0109. The van der Waals surface area contributed by atoms with E-state index in [4.69, 9.17) is 0 Å². The zero-order valence-electron chi connectivity index (χ0n) is 17.8. The number of carbonyl (C=O) groups excluding carboxylic acids is 1. The minimum atomic E-state index is -4.66. The molecule has 4 rings (SSSR count). The van der Waals surface area contributed by atoms with Crippen LogP contribution < -0.4 is 0 Å². The van der Waals surface area contributed by atoms with Gasteiger partial charge in [0.05, 0.1) is 0 Å². The van der Waals surface area contributed by atoms with Crippen LogP contribution in [0.15, 0.2) is 24.3 Å². The van der Waals surface area contributed by atoms with Gasteiger partial charge in [0.25, 0.3) is 11.6 Å². The summed E-state index contributed by atoms with van der Waals surface area (Å²) in [6, 6.07) is 6.40. The lowest BCUT2D eigenvalue weighted by molar-refractivity contribution is -0.144. The van der Waals surface area contributed by atoms with E-state index < -0.39 is 12.0 Å². The molecule has 1 atom stereocenters. The summed E-state index contributed by atoms with van der Waals surface area (Å²) in [7, 11) is 0. The third kappa shape index (κ3) is 4.44. The number of amides is 1. The summed E-state index contributed by atoms with van der Waals surface area (Å²) in [5.74, 6) is -1.68. The van der Waals surface area contributed by atoms with Crippen LogP contribution in [0.5, 0.6) is 0 Å². The number of halogens is 4. The highest BCUT2D eigenvalue weighted by Crippen LogP contribution is 2.28. The van der Waals surface area contributed by atoms with E-state index in [1.807, 2.05) is 11.0 Å². The lowest BCUT2D eigenvalue weighted by Gasteiger charge is -2.25. The monoisotopic (exact) mass is 449 g/mol. The van der Waals surface area contributed by atoms with Gasteiger partial charge in [-0.05, 0) is 62.8 Å². The molecule has 1 fully saturated rings. The van der Waals surface area contributed by atoms with E-state index in [0.29, 0.717) is 36.3 Å². The SMILES string of the molecule is Cc1nc2nc(C(F)(F)F)nn2c(C)c1CCC(=O)N1CCCC1Cc1cccc(F)c1. The molecule has 1 saturated heterocycles. The fraction of sp³-hybridized carbons (Fsp3) is 0.455. The molecule has 3 aromatic rings. The Bertz CT molecular complexity index is 1160. The molecule has 10 heteroatoms. The van der Waals surface area contributed by atoms with Crippen LogP contribution in [0.2, 0.25) is 0 Å². The second kappa shape index (κ2) is 8.48. The molecule has 0 radical (unpaired) electrons. The molecule has 0 N–H and O–H groups in total. The van der Waals surface area contributed by atoms with Crippen molar-refractivity contribution in [2.75, 3.05) is 6.54 Å². The average Bonchev–Trinajstić information content (AvgIpc) is 3.34. The molecule has 1 unspecified atom stereocenters. The molecule has 0 aliphatic carbocycles. The maximum Gasteiger partial charge on any atom is 0.453 e. The van der Waals surface area contributed by atoms with Gasteiger partial charge >= 0.3 is 6.18 Å². The van der Waals surface area contributed by atoms with Crippen LogP contribution in [0, 0.1) is 19.7 Å². The van der Waals surface area contributed by atoms with Crippen LogP contribution in [-0.4, -0.2) is 43.0 Å². The average molecular weight is 449 g/mol. The molecule has 1 aliphatic rings. The first kappa shape index (κ1) is 22.2. The Labute approximate surface area is 182 Å². The Morgan fingerprint density at radius 1 is 1.22 bits per heavy atom. The quantitative estimate of drug-likeness (QED) is 0.551. The molecular formula is C22H23F4N5O. The van der Waals surface area contributed by atoms with E-state index in [0.717, 1.165) is 22.9 Å². The van der Waals surface area contributed by atoms with Crippen LogP contribution in [0.3, 0.4) is 0 Å². The summed E-state index contributed by atoms with van der Waals surface area (Å²) in [5, 5.41) is 3.55. The van der Waals surface area contributed by atoms with E-state index in [-0.39, 0.29) is 30.0 Å². The van der Waals surface area contributed by atoms with Crippen molar-refractivity contribution in [2.24, 2.45) is 0 Å². The summed E-state index contributed by atoms with van der Waals surface area (Å²) in [6.07, 6.45) is -1.78. The first-order valence-electron chi connectivity index (χ1n) is 10.5. The third-order valence-electron chi connectivity index (χ3n) is 5.95. The van der Waals surface area contributed by atoms with Gasteiger partial charge in [0.1, 0.15) is 5.82 Å². The summed E-state index contributed by atoms with van der Waals surface area (Å²) < 4.78 is 53.5. The second-order valence-corrected chi connectivity index (χ2v) is 8.12. The summed E-state index contributed by atoms with van der Waals surface area (Å²) in [5.41, 5.74) is 2.55. The number of aryl methyl sites for hydroxylation is 2. The topological polar surface area (TPSA) is 63.4 Å². The largest absolute Gasteiger partial charge is 0.453 e. The van der Waals surface area contributed by atoms with Crippen molar-refractivity contribution in [3.63, 3.8) is 0 Å². The number of likely N-dealkylation sites (tertiary alicyclic amines) is 1. The number of rotatable bonds is 5. The summed E-state index contributed by atoms with van der Waals surface area (Å²) in [4.78, 5) is 22.4. The molecule has 0 spiro atoms. The van der Waals surface area contributed by atoms with Crippen LogP contribution in [-0.2, 0) is 23.8 Å². The molecule has 6 nitrogen and oxygen atoms in total. The van der Waals surface area contributed by atoms with Gasteiger partial charge in [0, 0.05) is 30.4 Å². The Hall–Kier alpha value is -3.04. The normalized spacial score (nSPS) is 16.8. The Morgan fingerprint density at radius 3 is 2.72 bits per heavy atom. The molecule has 1 amide bonds. The molecule has 3 heterocycles. The molecule has 170 valence electrons. The van der Waals surface area contributed by atoms with E-state index in [2.05, 4.69) is 15.1 Å². The lowest BCUT2D eigenvalue weighted by atomic mass is 10.0. The van der Waals surface area contributed by atoms with Gasteiger partial charge in [0.2, 0.25) is 5.91 Å². The van der Waals surface area contributed by atoms with Gasteiger partial charge in [-0.1, -0.05) is 12.1 Å². The van der Waals surface area contributed by atoms with E-state index in [1.54, 1.807) is 19.9 Å². The van der Waals surface area contributed by atoms with Crippen molar-refractivity contribution in [1.82, 2.24) is 24.5 Å². The number of benzene rings is 1. The molecule has 0 saturated carbocycles. The van der Waals surface area contributed by atoms with Crippen molar-refractivity contribution < 1.29 is 22.4 Å². The van der Waals surface area contributed by atoms with Crippen LogP contribution in [0.1, 0.15) is 47.6 Å². The zero-order valence-corrected chi connectivity index (χ0v) is 17.8. The van der Waals surface area contributed by atoms with Gasteiger partial charge in [0.15, 0.2) is 0 Å². The molecule has 1 aliphatic heterocycles. The van der Waals surface area contributed by atoms with Crippen molar-refractivity contribution in [2.45, 2.75) is 58.2 Å². The van der Waals surface area contributed by atoms with E-state index >= 15 is 0 Å². The lowest BCUT2D eigenvalue weighted by Crippen LogP contribution is -2.37. The van der Waals surface area contributed by atoms with Gasteiger partial charge in [-0.15, -0.1) is 5.10 Å². The molecule has 32 heavy (non-hydrogen) atoms. The van der Waals surface area contributed by atoms with Crippen molar-refractivity contribution in [3.05, 3.63) is 58.4 Å². The van der Waals surface area contributed by atoms with Gasteiger partial charge in [-0.2, -0.15) is 18.2 Å². The molecule has 0 bridgehead atoms. The number of nitrogens with zero attached hydrogens (tertiary/aromatic N) is 5. The zero-order chi connectivity index (χ0) is 23.0. The minimum Gasteiger partial charge on any atom is -0.339 e. The fourth-order valence-corrected chi connectivity index (χ4v) is 4.38. The highest BCUT2D eigenvalue weighted by Gasteiger charge is 2.37. The highest BCUT2D eigenvalue weighted by atomic mass is 19.4. The van der Waals surface area contributed by atoms with Crippen LogP contribution >= 0.6 is 0 Å². The van der Waals surface area contributed by atoms with Crippen LogP contribution in [0.25, 0.3) is 5.78 Å². The number of hydrogen-bond donors (Lipinski definition) is 0. The molecule has 1 aromatic carbocycles. The first-order chi connectivity index (χ1) is 15.1. The predicted octanol–water partition coefficient (Wildman–Crippen LogP) is 4.07. The molecule has 2 aromatic heterocycles. The van der Waals surface area contributed by atoms with Crippen molar-refractivity contribution in [3.8, 4) is 0 Å². The predicted molar refractivity (Wildman–Crippen MR) is 108 cm³/mol. The first-order valence-corrected chi connectivity index (χ1v) is 10.5. The fourth-order valence-electron chi connectivity index (χ4n) is 4.38. The van der Waals surface area contributed by atoms with E-state index in [1.165, 1.54) is 12.1 Å². The number of fused-ring (bicyclic) bond motifs is 1. The van der Waals surface area contributed by atoms with Gasteiger partial charge < -0.3 is 4.90 Å². The van der Waals surface area contributed by atoms with Gasteiger partial charge in [-0.25, -0.2) is 13.9 Å². The maximum atomic E-state index is 13.5. The van der Waals surface area contributed by atoms with Crippen molar-refractivity contribution >= 4 is 11.7 Å². The second-order valence-electron chi connectivity index (χ2n) is 8.12.